The molecule has 0 saturated heterocycles. The molecule has 0 heterocycles. The number of hydrogen-bond donors (Lipinski definition) is 0. The number of carbonyl (C=O) groups excluding carboxylic acids is 1. The number of hydrogen-bond acceptors (Lipinski definition) is 1. The van der Waals surface area contributed by atoms with E-state index in [4.69, 9.17) is 34.8 Å². The average Bonchev–Trinajstić information content (AvgIpc) is 2.16. The van der Waals surface area contributed by atoms with Crippen LogP contribution in [-0.4, -0.2) is 5.24 Å². The van der Waals surface area contributed by atoms with Crippen LogP contribution in [0.2, 0.25) is 10.0 Å². The highest BCUT2D eigenvalue weighted by Gasteiger charge is 2.40. The first-order valence-corrected chi connectivity index (χ1v) is 6.09. The Balaban J connectivity index is 3.50. The molecule has 0 aliphatic carbocycles. The van der Waals surface area contributed by atoms with Gasteiger partial charge < -0.3 is 0 Å². The minimum atomic E-state index is -0.864. The van der Waals surface area contributed by atoms with Crippen molar-refractivity contribution in [3.8, 4) is 0 Å². The zero-order valence-electron chi connectivity index (χ0n) is 9.35. The lowest BCUT2D eigenvalue weighted by Crippen LogP contribution is -2.35. The van der Waals surface area contributed by atoms with Crippen LogP contribution in [-0.2, 0) is 10.2 Å². The van der Waals surface area contributed by atoms with Crippen molar-refractivity contribution in [3.05, 3.63) is 33.8 Å². The lowest BCUT2D eigenvalue weighted by Gasteiger charge is -2.31. The van der Waals surface area contributed by atoms with Crippen molar-refractivity contribution >= 4 is 40.0 Å². The first-order chi connectivity index (χ1) is 7.31. The molecule has 0 aliphatic heterocycles. The maximum absolute atomic E-state index is 11.7. The number of halogens is 3. The van der Waals surface area contributed by atoms with E-state index in [2.05, 4.69) is 0 Å². The normalized spacial score (nSPS) is 14.9. The predicted molar refractivity (Wildman–Crippen MR) is 69.5 cm³/mol. The van der Waals surface area contributed by atoms with Gasteiger partial charge in [0.1, 0.15) is 0 Å². The van der Waals surface area contributed by atoms with Crippen LogP contribution in [0.5, 0.6) is 0 Å². The third-order valence-electron chi connectivity index (χ3n) is 3.05. The molecule has 1 atom stereocenters. The molecule has 0 fully saturated rings. The molecule has 0 amide bonds. The Kier molecular flexibility index (Phi) is 4.28. The summed E-state index contributed by atoms with van der Waals surface area (Å²) < 4.78 is 0. The number of benzene rings is 1. The van der Waals surface area contributed by atoms with E-state index in [0.717, 1.165) is 0 Å². The molecule has 0 aromatic heterocycles. The van der Waals surface area contributed by atoms with Crippen molar-refractivity contribution in [2.75, 3.05) is 0 Å². The van der Waals surface area contributed by atoms with Crippen LogP contribution in [0.3, 0.4) is 0 Å². The fourth-order valence-corrected chi connectivity index (χ4v) is 2.71. The summed E-state index contributed by atoms with van der Waals surface area (Å²) in [5, 5.41) is 0.493. The monoisotopic (exact) mass is 278 g/mol. The molecule has 1 aromatic carbocycles. The van der Waals surface area contributed by atoms with Gasteiger partial charge in [0.2, 0.25) is 5.24 Å². The summed E-state index contributed by atoms with van der Waals surface area (Å²) in [4.78, 5) is 11.7. The molecule has 0 saturated carbocycles. The average molecular weight is 280 g/mol. The molecule has 0 aliphatic rings. The second kappa shape index (κ2) is 4.95. The summed E-state index contributed by atoms with van der Waals surface area (Å²) in [5.41, 5.74) is -0.259. The van der Waals surface area contributed by atoms with Gasteiger partial charge in [-0.25, -0.2) is 0 Å². The van der Waals surface area contributed by atoms with Crippen LogP contribution in [0.1, 0.15) is 26.3 Å². The topological polar surface area (TPSA) is 17.1 Å². The van der Waals surface area contributed by atoms with E-state index < -0.39 is 10.7 Å². The summed E-state index contributed by atoms with van der Waals surface area (Å²) in [6.45, 7) is 5.60. The highest BCUT2D eigenvalue weighted by atomic mass is 35.5. The molecule has 0 spiro atoms. The Morgan fingerprint density at radius 2 is 1.69 bits per heavy atom. The standard InChI is InChI=1S/C12H13Cl3O/c1-7(2)12(3,11(15)16)10-8(13)5-4-6-9(10)14/h4-7H,1-3H3. The summed E-state index contributed by atoms with van der Waals surface area (Å²) >= 11 is 17.9. The molecule has 0 N–H and O–H groups in total. The van der Waals surface area contributed by atoms with Gasteiger partial charge >= 0.3 is 0 Å². The van der Waals surface area contributed by atoms with Gasteiger partial charge in [-0.3, -0.25) is 4.79 Å². The molecule has 1 nitrogen and oxygen atoms in total. The van der Waals surface area contributed by atoms with Gasteiger partial charge in [0, 0.05) is 15.6 Å². The van der Waals surface area contributed by atoms with Crippen molar-refractivity contribution in [2.24, 2.45) is 5.92 Å². The van der Waals surface area contributed by atoms with Crippen molar-refractivity contribution in [3.63, 3.8) is 0 Å². The molecular weight excluding hydrogens is 266 g/mol. The predicted octanol–water partition coefficient (Wildman–Crippen LogP) is 4.67. The van der Waals surface area contributed by atoms with Gasteiger partial charge in [-0.1, -0.05) is 43.1 Å². The molecule has 0 bridgehead atoms. The Morgan fingerprint density at radius 3 is 2.00 bits per heavy atom. The van der Waals surface area contributed by atoms with Crippen LogP contribution in [0.15, 0.2) is 18.2 Å². The molecule has 1 unspecified atom stereocenters. The maximum atomic E-state index is 11.7. The quantitative estimate of drug-likeness (QED) is 0.735. The van der Waals surface area contributed by atoms with Gasteiger partial charge in [0.15, 0.2) is 0 Å². The summed E-state index contributed by atoms with van der Waals surface area (Å²) in [7, 11) is 0. The second-order valence-corrected chi connectivity index (χ2v) is 5.39. The molecule has 4 heteroatoms. The molecule has 16 heavy (non-hydrogen) atoms. The fourth-order valence-electron chi connectivity index (χ4n) is 1.61. The van der Waals surface area contributed by atoms with Gasteiger partial charge in [-0.05, 0) is 36.6 Å². The van der Waals surface area contributed by atoms with E-state index in [0.29, 0.717) is 15.6 Å². The molecule has 0 radical (unpaired) electrons. The van der Waals surface area contributed by atoms with E-state index in [9.17, 15) is 4.79 Å². The maximum Gasteiger partial charge on any atom is 0.232 e. The highest BCUT2D eigenvalue weighted by molar-refractivity contribution is 6.65. The second-order valence-electron chi connectivity index (χ2n) is 4.23. The molecular formula is C12H13Cl3O. The van der Waals surface area contributed by atoms with Gasteiger partial charge in [-0.2, -0.15) is 0 Å². The minimum absolute atomic E-state index is 0.00917. The van der Waals surface area contributed by atoms with Crippen LogP contribution < -0.4 is 0 Å². The first-order valence-electron chi connectivity index (χ1n) is 4.96. The first kappa shape index (κ1) is 13.8. The Bertz CT molecular complexity index is 394. The zero-order chi connectivity index (χ0) is 12.5. The minimum Gasteiger partial charge on any atom is -0.280 e. The summed E-state index contributed by atoms with van der Waals surface area (Å²) in [6, 6.07) is 5.17. The summed E-state index contributed by atoms with van der Waals surface area (Å²) in [5.74, 6) is 0.00917. The highest BCUT2D eigenvalue weighted by Crippen LogP contribution is 2.42. The number of carbonyl (C=O) groups is 1. The third-order valence-corrected chi connectivity index (χ3v) is 4.07. The fraction of sp³-hybridized carbons (Fsp3) is 0.417. The van der Waals surface area contributed by atoms with Crippen molar-refractivity contribution in [1.82, 2.24) is 0 Å². The van der Waals surface area contributed by atoms with Crippen molar-refractivity contribution < 1.29 is 4.79 Å². The largest absolute Gasteiger partial charge is 0.280 e. The van der Waals surface area contributed by atoms with Crippen LogP contribution >= 0.6 is 34.8 Å². The van der Waals surface area contributed by atoms with Gasteiger partial charge in [0.05, 0.1) is 5.41 Å². The Hall–Kier alpha value is -0.240. The smallest absolute Gasteiger partial charge is 0.232 e. The molecule has 1 rings (SSSR count). The van der Waals surface area contributed by atoms with Crippen molar-refractivity contribution in [1.29, 1.82) is 0 Å². The molecule has 1 aromatic rings. The number of rotatable bonds is 3. The molecule has 88 valence electrons. The van der Waals surface area contributed by atoms with Crippen molar-refractivity contribution in [2.45, 2.75) is 26.2 Å². The third kappa shape index (κ3) is 2.22. The Labute approximate surface area is 111 Å². The lowest BCUT2D eigenvalue weighted by molar-refractivity contribution is -0.117. The SMILES string of the molecule is CC(C)C(C)(C(=O)Cl)c1c(Cl)cccc1Cl. The van der Waals surface area contributed by atoms with Crippen LogP contribution in [0, 0.1) is 5.92 Å². The Morgan fingerprint density at radius 1 is 1.25 bits per heavy atom. The van der Waals surface area contributed by atoms with E-state index in [1.165, 1.54) is 0 Å². The van der Waals surface area contributed by atoms with Crippen LogP contribution in [0.25, 0.3) is 0 Å². The summed E-state index contributed by atoms with van der Waals surface area (Å²) in [6.07, 6.45) is 0. The van der Waals surface area contributed by atoms with E-state index in [-0.39, 0.29) is 5.92 Å². The van der Waals surface area contributed by atoms with E-state index >= 15 is 0 Å². The van der Waals surface area contributed by atoms with Crippen LogP contribution in [0.4, 0.5) is 0 Å². The van der Waals surface area contributed by atoms with E-state index in [1.54, 1.807) is 25.1 Å². The van der Waals surface area contributed by atoms with E-state index in [1.807, 2.05) is 13.8 Å². The van der Waals surface area contributed by atoms with Gasteiger partial charge in [-0.15, -0.1) is 0 Å². The lowest BCUT2D eigenvalue weighted by atomic mass is 9.74. The van der Waals surface area contributed by atoms with Gasteiger partial charge in [0.25, 0.3) is 0 Å². The zero-order valence-corrected chi connectivity index (χ0v) is 11.6.